The van der Waals surface area contributed by atoms with Gasteiger partial charge in [0.05, 0.1) is 5.92 Å². The number of piperidine rings is 1. The lowest BCUT2D eigenvalue weighted by Crippen LogP contribution is -2.41. The molecular formula is C17H19F2N3O2. The van der Waals surface area contributed by atoms with Gasteiger partial charge in [0, 0.05) is 25.1 Å². The summed E-state index contributed by atoms with van der Waals surface area (Å²) >= 11 is 0. The Kier molecular flexibility index (Phi) is 4.87. The first kappa shape index (κ1) is 16.5. The summed E-state index contributed by atoms with van der Waals surface area (Å²) in [4.78, 5) is 18.3. The molecule has 2 heterocycles. The van der Waals surface area contributed by atoms with Crippen LogP contribution in [0.2, 0.25) is 0 Å². The topological polar surface area (TPSA) is 59.2 Å². The van der Waals surface area contributed by atoms with E-state index < -0.39 is 17.6 Å². The number of benzene rings is 1. The first-order chi connectivity index (χ1) is 11.6. The molecule has 5 nitrogen and oxygen atoms in total. The van der Waals surface area contributed by atoms with Gasteiger partial charge >= 0.3 is 0 Å². The molecule has 1 fully saturated rings. The predicted octanol–water partition coefficient (Wildman–Crippen LogP) is 2.93. The van der Waals surface area contributed by atoms with Crippen molar-refractivity contribution in [2.24, 2.45) is 5.92 Å². The lowest BCUT2D eigenvalue weighted by Gasteiger charge is -2.33. The van der Waals surface area contributed by atoms with Crippen molar-refractivity contribution in [1.29, 1.82) is 0 Å². The minimum Gasteiger partial charge on any atom is -0.343 e. The highest BCUT2D eigenvalue weighted by Crippen LogP contribution is 2.27. The molecule has 1 aromatic heterocycles. The Balaban J connectivity index is 1.60. The lowest BCUT2D eigenvalue weighted by molar-refractivity contribution is -0.134. The van der Waals surface area contributed by atoms with E-state index in [1.807, 2.05) is 0 Å². The maximum absolute atomic E-state index is 13.9. The third kappa shape index (κ3) is 3.44. The van der Waals surface area contributed by atoms with Crippen LogP contribution >= 0.6 is 0 Å². The molecule has 0 bridgehead atoms. The van der Waals surface area contributed by atoms with Crippen molar-refractivity contribution in [3.8, 4) is 0 Å². The zero-order valence-electron chi connectivity index (χ0n) is 13.4. The summed E-state index contributed by atoms with van der Waals surface area (Å²) in [5.41, 5.74) is -0.156. The molecule has 1 unspecified atom stereocenters. The fraction of sp³-hybridized carbons (Fsp3) is 0.471. The number of nitrogens with zero attached hydrogens (tertiary/aromatic N) is 3. The average molecular weight is 335 g/mol. The highest BCUT2D eigenvalue weighted by Gasteiger charge is 2.30. The monoisotopic (exact) mass is 335 g/mol. The molecule has 1 aromatic carbocycles. The quantitative estimate of drug-likeness (QED) is 0.862. The smallest absolute Gasteiger partial charge is 0.230 e. The molecule has 3 rings (SSSR count). The second-order valence-corrected chi connectivity index (χ2v) is 6.18. The van der Waals surface area contributed by atoms with E-state index in [4.69, 9.17) is 4.52 Å². The van der Waals surface area contributed by atoms with Gasteiger partial charge < -0.3 is 9.42 Å². The van der Waals surface area contributed by atoms with Crippen LogP contribution in [0.5, 0.6) is 0 Å². The molecule has 1 aliphatic heterocycles. The molecule has 1 atom stereocenters. The number of carbonyl (C=O) groups is 1. The van der Waals surface area contributed by atoms with Crippen LogP contribution < -0.4 is 0 Å². The van der Waals surface area contributed by atoms with Crippen molar-refractivity contribution < 1.29 is 18.1 Å². The van der Waals surface area contributed by atoms with E-state index in [0.29, 0.717) is 24.8 Å². The third-order valence-electron chi connectivity index (χ3n) is 4.61. The minimum absolute atomic E-state index is 0.156. The van der Waals surface area contributed by atoms with Gasteiger partial charge in [0.15, 0.2) is 5.82 Å². The zero-order chi connectivity index (χ0) is 17.1. The number of hydrogen-bond donors (Lipinski definition) is 0. The van der Waals surface area contributed by atoms with Gasteiger partial charge in [0.25, 0.3) is 0 Å². The summed E-state index contributed by atoms with van der Waals surface area (Å²) in [5.74, 6) is -1.38. The fourth-order valence-corrected chi connectivity index (χ4v) is 3.22. The standard InChI is InChI=1S/C17H19F2N3O2/c1-11(16-13(18)3-2-4-14(16)19)17(23)22-7-5-12(6-8-22)9-15-20-10-24-21-15/h2-4,10-12H,5-9H2,1H3. The maximum atomic E-state index is 13.9. The zero-order valence-corrected chi connectivity index (χ0v) is 13.4. The molecule has 0 radical (unpaired) electrons. The molecular weight excluding hydrogens is 316 g/mol. The van der Waals surface area contributed by atoms with Crippen LogP contribution in [0.15, 0.2) is 29.1 Å². The summed E-state index contributed by atoms with van der Waals surface area (Å²) in [5, 5.41) is 3.80. The third-order valence-corrected chi connectivity index (χ3v) is 4.61. The molecule has 0 spiro atoms. The van der Waals surface area contributed by atoms with Crippen LogP contribution in [0, 0.1) is 17.6 Å². The van der Waals surface area contributed by atoms with E-state index in [1.165, 1.54) is 24.6 Å². The predicted molar refractivity (Wildman–Crippen MR) is 82.1 cm³/mol. The largest absolute Gasteiger partial charge is 0.343 e. The van der Waals surface area contributed by atoms with Crippen LogP contribution in [-0.2, 0) is 11.2 Å². The number of rotatable bonds is 4. The Morgan fingerprint density at radius 1 is 1.33 bits per heavy atom. The molecule has 7 heteroatoms. The van der Waals surface area contributed by atoms with Gasteiger partial charge in [-0.15, -0.1) is 0 Å². The number of likely N-dealkylation sites (tertiary alicyclic amines) is 1. The first-order valence-corrected chi connectivity index (χ1v) is 8.04. The molecule has 0 N–H and O–H groups in total. The van der Waals surface area contributed by atoms with Gasteiger partial charge in [-0.3, -0.25) is 4.79 Å². The summed E-state index contributed by atoms with van der Waals surface area (Å²) in [6.45, 7) is 2.69. The Hall–Kier alpha value is -2.31. The number of carbonyl (C=O) groups excluding carboxylic acids is 1. The van der Waals surface area contributed by atoms with Crippen LogP contribution in [-0.4, -0.2) is 34.0 Å². The van der Waals surface area contributed by atoms with Gasteiger partial charge in [-0.25, -0.2) is 8.78 Å². The van der Waals surface area contributed by atoms with Crippen molar-refractivity contribution in [2.75, 3.05) is 13.1 Å². The van der Waals surface area contributed by atoms with Crippen LogP contribution in [0.3, 0.4) is 0 Å². The molecule has 24 heavy (non-hydrogen) atoms. The van der Waals surface area contributed by atoms with E-state index in [0.717, 1.165) is 19.3 Å². The summed E-state index contributed by atoms with van der Waals surface area (Å²) in [6, 6.07) is 3.66. The van der Waals surface area contributed by atoms with Crippen molar-refractivity contribution >= 4 is 5.91 Å². The molecule has 1 aliphatic rings. The maximum Gasteiger partial charge on any atom is 0.230 e. The molecule has 128 valence electrons. The average Bonchev–Trinajstić information content (AvgIpc) is 3.07. The number of aromatic nitrogens is 2. The van der Waals surface area contributed by atoms with E-state index in [2.05, 4.69) is 10.1 Å². The van der Waals surface area contributed by atoms with E-state index in [9.17, 15) is 13.6 Å². The van der Waals surface area contributed by atoms with Crippen LogP contribution in [0.1, 0.15) is 37.1 Å². The highest BCUT2D eigenvalue weighted by molar-refractivity contribution is 5.83. The van der Waals surface area contributed by atoms with Gasteiger partial charge in [0.2, 0.25) is 12.3 Å². The van der Waals surface area contributed by atoms with Crippen molar-refractivity contribution in [1.82, 2.24) is 15.0 Å². The van der Waals surface area contributed by atoms with Crippen molar-refractivity contribution in [3.05, 3.63) is 47.6 Å². The van der Waals surface area contributed by atoms with E-state index in [1.54, 1.807) is 11.8 Å². The molecule has 0 saturated carbocycles. The van der Waals surface area contributed by atoms with E-state index in [-0.39, 0.29) is 11.5 Å². The lowest BCUT2D eigenvalue weighted by atomic mass is 9.91. The summed E-state index contributed by atoms with van der Waals surface area (Å²) in [6.07, 6.45) is 3.65. The van der Waals surface area contributed by atoms with E-state index >= 15 is 0 Å². The highest BCUT2D eigenvalue weighted by atomic mass is 19.1. The van der Waals surface area contributed by atoms with Crippen molar-refractivity contribution in [2.45, 2.75) is 32.1 Å². The Labute approximate surface area is 138 Å². The number of halogens is 2. The summed E-state index contributed by atoms with van der Waals surface area (Å²) in [7, 11) is 0. The van der Waals surface area contributed by atoms with Gasteiger partial charge in [-0.1, -0.05) is 11.2 Å². The van der Waals surface area contributed by atoms with Crippen LogP contribution in [0.25, 0.3) is 0 Å². The first-order valence-electron chi connectivity index (χ1n) is 8.04. The number of hydrogen-bond acceptors (Lipinski definition) is 4. The molecule has 1 saturated heterocycles. The summed E-state index contributed by atoms with van der Waals surface area (Å²) < 4.78 is 32.5. The Morgan fingerprint density at radius 2 is 2.00 bits per heavy atom. The number of amides is 1. The van der Waals surface area contributed by atoms with Gasteiger partial charge in [0.1, 0.15) is 11.6 Å². The molecule has 2 aromatic rings. The Bertz CT molecular complexity index is 678. The molecule has 1 amide bonds. The minimum atomic E-state index is -0.833. The normalized spacial score (nSPS) is 17.0. The van der Waals surface area contributed by atoms with Crippen molar-refractivity contribution in [3.63, 3.8) is 0 Å². The Morgan fingerprint density at radius 3 is 2.58 bits per heavy atom. The van der Waals surface area contributed by atoms with Gasteiger partial charge in [-0.2, -0.15) is 4.98 Å². The van der Waals surface area contributed by atoms with Crippen LogP contribution in [0.4, 0.5) is 8.78 Å². The van der Waals surface area contributed by atoms with Gasteiger partial charge in [-0.05, 0) is 37.8 Å². The second-order valence-electron chi connectivity index (χ2n) is 6.18. The second kappa shape index (κ2) is 7.07. The molecule has 0 aliphatic carbocycles. The SMILES string of the molecule is CC(C(=O)N1CCC(Cc2ncon2)CC1)c1c(F)cccc1F. The fourth-order valence-electron chi connectivity index (χ4n) is 3.22.